The number of furan rings is 1. The lowest BCUT2D eigenvalue weighted by molar-refractivity contribution is -0.118. The molecule has 124 valence electrons. The molecular formula is C18H13N3O4. The van der Waals surface area contributed by atoms with Crippen molar-refractivity contribution in [3.8, 4) is 11.8 Å². The molecule has 0 spiro atoms. The van der Waals surface area contributed by atoms with E-state index in [0.717, 1.165) is 0 Å². The zero-order chi connectivity index (χ0) is 17.8. The number of ether oxygens (including phenoxy) is 1. The summed E-state index contributed by atoms with van der Waals surface area (Å²) in [6.07, 6.45) is 0. The van der Waals surface area contributed by atoms with Crippen molar-refractivity contribution in [1.82, 2.24) is 0 Å². The molecule has 0 bridgehead atoms. The molecule has 3 aromatic rings. The molecule has 0 saturated carbocycles. The Hall–Kier alpha value is -3.79. The van der Waals surface area contributed by atoms with Crippen LogP contribution in [0, 0.1) is 11.3 Å². The zero-order valence-electron chi connectivity index (χ0n) is 13.0. The molecule has 0 unspecified atom stereocenters. The Balaban J connectivity index is 1.74. The van der Waals surface area contributed by atoms with Gasteiger partial charge in [0.15, 0.2) is 6.61 Å². The topological polar surface area (TPSA) is 118 Å². The van der Waals surface area contributed by atoms with E-state index in [-0.39, 0.29) is 18.1 Å². The van der Waals surface area contributed by atoms with E-state index in [1.165, 1.54) is 0 Å². The molecule has 0 aliphatic rings. The Morgan fingerprint density at radius 1 is 1.16 bits per heavy atom. The monoisotopic (exact) mass is 335 g/mol. The van der Waals surface area contributed by atoms with Gasteiger partial charge in [-0.3, -0.25) is 9.59 Å². The van der Waals surface area contributed by atoms with Crippen molar-refractivity contribution >= 4 is 28.5 Å². The highest BCUT2D eigenvalue weighted by Crippen LogP contribution is 2.30. The van der Waals surface area contributed by atoms with Gasteiger partial charge in [0.2, 0.25) is 5.76 Å². The van der Waals surface area contributed by atoms with Crippen LogP contribution in [0.25, 0.3) is 11.0 Å². The van der Waals surface area contributed by atoms with E-state index in [1.54, 1.807) is 48.5 Å². The molecule has 0 aliphatic heterocycles. The number of rotatable bonds is 5. The van der Waals surface area contributed by atoms with Crippen molar-refractivity contribution in [1.29, 1.82) is 5.26 Å². The smallest absolute Gasteiger partial charge is 0.286 e. The molecule has 0 radical (unpaired) electrons. The lowest BCUT2D eigenvalue weighted by atomic mass is 10.2. The Bertz CT molecular complexity index is 984. The minimum atomic E-state index is -0.778. The number of nitrogens with one attached hydrogen (secondary N) is 1. The molecule has 0 atom stereocenters. The van der Waals surface area contributed by atoms with Gasteiger partial charge in [-0.25, -0.2) is 0 Å². The Labute approximate surface area is 142 Å². The predicted molar refractivity (Wildman–Crippen MR) is 90.0 cm³/mol. The molecule has 3 rings (SSSR count). The quantitative estimate of drug-likeness (QED) is 0.742. The van der Waals surface area contributed by atoms with Gasteiger partial charge in [-0.15, -0.1) is 0 Å². The van der Waals surface area contributed by atoms with Gasteiger partial charge >= 0.3 is 0 Å². The van der Waals surface area contributed by atoms with E-state index >= 15 is 0 Å². The molecule has 2 amide bonds. The molecule has 3 N–H and O–H groups in total. The maximum Gasteiger partial charge on any atom is 0.286 e. The lowest BCUT2D eigenvalue weighted by Crippen LogP contribution is -2.22. The van der Waals surface area contributed by atoms with Crippen molar-refractivity contribution in [3.05, 3.63) is 59.9 Å². The highest BCUT2D eigenvalue weighted by Gasteiger charge is 2.20. The van der Waals surface area contributed by atoms with Gasteiger partial charge in [-0.2, -0.15) is 5.26 Å². The number of nitriles is 1. The molecule has 1 heterocycles. The van der Waals surface area contributed by atoms with Gasteiger partial charge in [-0.05, 0) is 36.4 Å². The second-order valence-corrected chi connectivity index (χ2v) is 5.14. The molecular weight excluding hydrogens is 322 g/mol. The maximum absolute atomic E-state index is 12.1. The fourth-order valence-electron chi connectivity index (χ4n) is 2.29. The summed E-state index contributed by atoms with van der Waals surface area (Å²) in [5.41, 5.74) is 6.46. The largest absolute Gasteiger partial charge is 0.484 e. The second kappa shape index (κ2) is 6.76. The van der Waals surface area contributed by atoms with Crippen LogP contribution in [-0.2, 0) is 4.79 Å². The summed E-state index contributed by atoms with van der Waals surface area (Å²) in [5.74, 6) is -0.924. The normalized spacial score (nSPS) is 10.2. The van der Waals surface area contributed by atoms with Gasteiger partial charge in [0, 0.05) is 5.39 Å². The summed E-state index contributed by atoms with van der Waals surface area (Å²) in [5, 5.41) is 11.9. The van der Waals surface area contributed by atoms with Crippen LogP contribution >= 0.6 is 0 Å². The van der Waals surface area contributed by atoms with Gasteiger partial charge in [0.25, 0.3) is 11.8 Å². The number of hydrogen-bond acceptors (Lipinski definition) is 5. The summed E-state index contributed by atoms with van der Waals surface area (Å²) < 4.78 is 10.7. The van der Waals surface area contributed by atoms with Crippen LogP contribution in [0.4, 0.5) is 5.69 Å². The van der Waals surface area contributed by atoms with E-state index < -0.39 is 11.8 Å². The average molecular weight is 335 g/mol. The third-order valence-corrected chi connectivity index (χ3v) is 3.44. The van der Waals surface area contributed by atoms with E-state index in [2.05, 4.69) is 5.32 Å². The highest BCUT2D eigenvalue weighted by atomic mass is 16.5. The molecule has 2 aromatic carbocycles. The number of anilines is 1. The average Bonchev–Trinajstić information content (AvgIpc) is 2.99. The van der Waals surface area contributed by atoms with E-state index in [0.29, 0.717) is 22.3 Å². The zero-order valence-corrected chi connectivity index (χ0v) is 13.0. The molecule has 7 nitrogen and oxygen atoms in total. The summed E-state index contributed by atoms with van der Waals surface area (Å²) in [6, 6.07) is 15.2. The third kappa shape index (κ3) is 3.43. The number of hydrogen-bond donors (Lipinski definition) is 2. The van der Waals surface area contributed by atoms with Crippen LogP contribution in [0.2, 0.25) is 0 Å². The number of nitrogens with zero attached hydrogens (tertiary/aromatic N) is 1. The van der Waals surface area contributed by atoms with Crippen LogP contribution in [0.3, 0.4) is 0 Å². The summed E-state index contributed by atoms with van der Waals surface area (Å²) in [7, 11) is 0. The summed E-state index contributed by atoms with van der Waals surface area (Å²) in [6.45, 7) is -0.274. The fourth-order valence-corrected chi connectivity index (χ4v) is 2.29. The van der Waals surface area contributed by atoms with E-state index in [9.17, 15) is 9.59 Å². The second-order valence-electron chi connectivity index (χ2n) is 5.14. The first-order valence-corrected chi connectivity index (χ1v) is 7.32. The number of benzene rings is 2. The molecule has 0 aliphatic carbocycles. The first-order chi connectivity index (χ1) is 12.1. The number of para-hydroxylation sites is 1. The van der Waals surface area contributed by atoms with Crippen LogP contribution in [0.15, 0.2) is 52.9 Å². The van der Waals surface area contributed by atoms with Crippen LogP contribution in [0.1, 0.15) is 16.1 Å². The first kappa shape index (κ1) is 16.1. The molecule has 0 fully saturated rings. The Kier molecular flexibility index (Phi) is 4.35. The van der Waals surface area contributed by atoms with E-state index in [1.807, 2.05) is 6.07 Å². The molecule has 25 heavy (non-hydrogen) atoms. The number of amides is 2. The van der Waals surface area contributed by atoms with Crippen molar-refractivity contribution in [3.63, 3.8) is 0 Å². The maximum atomic E-state index is 12.1. The van der Waals surface area contributed by atoms with Crippen molar-refractivity contribution < 1.29 is 18.7 Å². The third-order valence-electron chi connectivity index (χ3n) is 3.44. The number of carbonyl (C=O) groups is 2. The van der Waals surface area contributed by atoms with Gasteiger partial charge in [0.1, 0.15) is 17.0 Å². The minimum Gasteiger partial charge on any atom is -0.484 e. The van der Waals surface area contributed by atoms with Gasteiger partial charge in [-0.1, -0.05) is 12.1 Å². The standard InChI is InChI=1S/C18H13N3O4/c19-9-11-5-7-12(8-6-11)24-10-15(22)21-16-13-3-1-2-4-14(13)25-17(16)18(20)23/h1-8H,10H2,(H2,20,23)(H,21,22). The van der Waals surface area contributed by atoms with Gasteiger partial charge in [0.05, 0.1) is 11.6 Å². The number of fused-ring (bicyclic) bond motifs is 1. The minimum absolute atomic E-state index is 0.118. The molecule has 0 saturated heterocycles. The first-order valence-electron chi connectivity index (χ1n) is 7.32. The van der Waals surface area contributed by atoms with Crippen molar-refractivity contribution in [2.24, 2.45) is 5.73 Å². The van der Waals surface area contributed by atoms with Crippen LogP contribution in [0.5, 0.6) is 5.75 Å². The lowest BCUT2D eigenvalue weighted by Gasteiger charge is -2.07. The predicted octanol–water partition coefficient (Wildman–Crippen LogP) is 2.42. The fraction of sp³-hybridized carbons (Fsp3) is 0.0556. The molecule has 7 heteroatoms. The summed E-state index contributed by atoms with van der Waals surface area (Å²) >= 11 is 0. The van der Waals surface area contributed by atoms with Crippen molar-refractivity contribution in [2.45, 2.75) is 0 Å². The van der Waals surface area contributed by atoms with Crippen molar-refractivity contribution in [2.75, 3.05) is 11.9 Å². The SMILES string of the molecule is N#Cc1ccc(OCC(=O)Nc2c(C(N)=O)oc3ccccc23)cc1. The van der Waals surface area contributed by atoms with Gasteiger partial charge < -0.3 is 20.2 Å². The van der Waals surface area contributed by atoms with Crippen LogP contribution in [-0.4, -0.2) is 18.4 Å². The van der Waals surface area contributed by atoms with Crippen LogP contribution < -0.4 is 15.8 Å². The molecule has 1 aromatic heterocycles. The van der Waals surface area contributed by atoms with E-state index in [4.69, 9.17) is 20.1 Å². The number of nitrogens with two attached hydrogens (primary N) is 1. The number of carbonyl (C=O) groups excluding carboxylic acids is 2. The Morgan fingerprint density at radius 3 is 2.56 bits per heavy atom. The highest BCUT2D eigenvalue weighted by molar-refractivity contribution is 6.10. The number of primary amides is 1. The Morgan fingerprint density at radius 2 is 1.88 bits per heavy atom. The summed E-state index contributed by atoms with van der Waals surface area (Å²) in [4.78, 5) is 23.7.